The molecule has 1 aliphatic rings. The average molecular weight is 233 g/mol. The first-order chi connectivity index (χ1) is 8.01. The Bertz CT molecular complexity index is 358. The van der Waals surface area contributed by atoms with E-state index in [0.717, 1.165) is 0 Å². The summed E-state index contributed by atoms with van der Waals surface area (Å²) in [6.07, 6.45) is 0.908. The Kier molecular flexibility index (Phi) is 3.55. The highest BCUT2D eigenvalue weighted by Crippen LogP contribution is 2.52. The SMILES string of the molecule is C[C@H](O)CN[C@@H]1C[C@@H](c2ccccc2)C1(C)C. The smallest absolute Gasteiger partial charge is 0.0636 e. The molecule has 17 heavy (non-hydrogen) atoms. The zero-order chi connectivity index (χ0) is 12.5. The maximum absolute atomic E-state index is 9.31. The number of aliphatic hydroxyl groups is 1. The van der Waals surface area contributed by atoms with Crippen molar-refractivity contribution >= 4 is 0 Å². The van der Waals surface area contributed by atoms with Crippen molar-refractivity contribution in [3.05, 3.63) is 35.9 Å². The lowest BCUT2D eigenvalue weighted by Crippen LogP contribution is -2.56. The van der Waals surface area contributed by atoms with Gasteiger partial charge in [0.2, 0.25) is 0 Å². The number of rotatable bonds is 4. The van der Waals surface area contributed by atoms with E-state index >= 15 is 0 Å². The second-order valence-corrected chi connectivity index (χ2v) is 5.83. The molecule has 0 heterocycles. The van der Waals surface area contributed by atoms with Crippen LogP contribution in [0.3, 0.4) is 0 Å². The van der Waals surface area contributed by atoms with Gasteiger partial charge in [-0.2, -0.15) is 0 Å². The molecule has 2 nitrogen and oxygen atoms in total. The van der Waals surface area contributed by atoms with Gasteiger partial charge in [0, 0.05) is 12.6 Å². The van der Waals surface area contributed by atoms with Crippen LogP contribution in [0.1, 0.15) is 38.7 Å². The van der Waals surface area contributed by atoms with Gasteiger partial charge in [-0.15, -0.1) is 0 Å². The minimum absolute atomic E-state index is 0.262. The van der Waals surface area contributed by atoms with E-state index in [2.05, 4.69) is 49.5 Å². The maximum atomic E-state index is 9.31. The topological polar surface area (TPSA) is 32.3 Å². The van der Waals surface area contributed by atoms with E-state index in [1.165, 1.54) is 12.0 Å². The summed E-state index contributed by atoms with van der Waals surface area (Å²) in [4.78, 5) is 0. The molecule has 3 atom stereocenters. The molecule has 1 saturated carbocycles. The lowest BCUT2D eigenvalue weighted by atomic mass is 9.56. The molecular formula is C15H23NO. The molecule has 2 heteroatoms. The van der Waals surface area contributed by atoms with Crippen LogP contribution in [0, 0.1) is 5.41 Å². The average Bonchev–Trinajstić information content (AvgIpc) is 2.28. The molecule has 94 valence electrons. The third-order valence-corrected chi connectivity index (χ3v) is 4.13. The number of benzene rings is 1. The Balaban J connectivity index is 1.98. The Labute approximate surface area is 104 Å². The van der Waals surface area contributed by atoms with Gasteiger partial charge in [-0.05, 0) is 30.2 Å². The summed E-state index contributed by atoms with van der Waals surface area (Å²) in [6.45, 7) is 7.14. The first-order valence-corrected chi connectivity index (χ1v) is 6.48. The van der Waals surface area contributed by atoms with Crippen molar-refractivity contribution in [2.24, 2.45) is 5.41 Å². The van der Waals surface area contributed by atoms with E-state index in [1.54, 1.807) is 0 Å². The first kappa shape index (κ1) is 12.6. The summed E-state index contributed by atoms with van der Waals surface area (Å²) in [5.74, 6) is 0.634. The van der Waals surface area contributed by atoms with E-state index in [-0.39, 0.29) is 11.5 Å². The molecule has 2 N–H and O–H groups in total. The lowest BCUT2D eigenvalue weighted by Gasteiger charge is -2.53. The van der Waals surface area contributed by atoms with Crippen LogP contribution in [0.5, 0.6) is 0 Å². The summed E-state index contributed by atoms with van der Waals surface area (Å²) in [5.41, 5.74) is 1.71. The van der Waals surface area contributed by atoms with Gasteiger partial charge in [-0.3, -0.25) is 0 Å². The van der Waals surface area contributed by atoms with Crippen LogP contribution >= 0.6 is 0 Å². The maximum Gasteiger partial charge on any atom is 0.0636 e. The summed E-state index contributed by atoms with van der Waals surface area (Å²) in [6, 6.07) is 11.2. The molecule has 0 unspecified atom stereocenters. The largest absolute Gasteiger partial charge is 0.392 e. The van der Waals surface area contributed by atoms with Crippen molar-refractivity contribution in [2.75, 3.05) is 6.54 Å². The molecule has 1 aromatic rings. The van der Waals surface area contributed by atoms with Crippen molar-refractivity contribution in [3.63, 3.8) is 0 Å². The fourth-order valence-electron chi connectivity index (χ4n) is 2.84. The third-order valence-electron chi connectivity index (χ3n) is 4.13. The molecule has 1 fully saturated rings. The van der Waals surface area contributed by atoms with Gasteiger partial charge in [-0.25, -0.2) is 0 Å². The van der Waals surface area contributed by atoms with E-state index in [9.17, 15) is 5.11 Å². The lowest BCUT2D eigenvalue weighted by molar-refractivity contribution is 0.0579. The van der Waals surface area contributed by atoms with Crippen molar-refractivity contribution in [1.82, 2.24) is 5.32 Å². The van der Waals surface area contributed by atoms with Crippen molar-refractivity contribution in [1.29, 1.82) is 0 Å². The van der Waals surface area contributed by atoms with Crippen LogP contribution in [0.15, 0.2) is 30.3 Å². The predicted molar refractivity (Wildman–Crippen MR) is 71.1 cm³/mol. The molecule has 1 aliphatic carbocycles. The fourth-order valence-corrected chi connectivity index (χ4v) is 2.84. The van der Waals surface area contributed by atoms with Crippen LogP contribution in [0.2, 0.25) is 0 Å². The molecular weight excluding hydrogens is 210 g/mol. The van der Waals surface area contributed by atoms with Gasteiger partial charge in [0.05, 0.1) is 6.10 Å². The summed E-state index contributed by atoms with van der Waals surface area (Å²) < 4.78 is 0. The van der Waals surface area contributed by atoms with Crippen molar-refractivity contribution in [2.45, 2.75) is 45.3 Å². The van der Waals surface area contributed by atoms with Gasteiger partial charge >= 0.3 is 0 Å². The molecule has 0 bridgehead atoms. The highest BCUT2D eigenvalue weighted by atomic mass is 16.3. The standard InChI is InChI=1S/C15H23NO/c1-11(17)10-16-14-9-13(15(14,2)3)12-7-5-4-6-8-12/h4-8,11,13-14,16-17H,9-10H2,1-3H3/t11-,13-,14+/m0/s1. The van der Waals surface area contributed by atoms with Crippen LogP contribution in [0.25, 0.3) is 0 Å². The fraction of sp³-hybridized carbons (Fsp3) is 0.600. The van der Waals surface area contributed by atoms with Crippen molar-refractivity contribution < 1.29 is 5.11 Å². The highest BCUT2D eigenvalue weighted by Gasteiger charge is 2.48. The van der Waals surface area contributed by atoms with E-state index < -0.39 is 0 Å². The van der Waals surface area contributed by atoms with Gasteiger partial charge in [0.15, 0.2) is 0 Å². The molecule has 1 aromatic carbocycles. The Hall–Kier alpha value is -0.860. The molecule has 0 saturated heterocycles. The monoisotopic (exact) mass is 233 g/mol. The summed E-state index contributed by atoms with van der Waals surface area (Å²) in [7, 11) is 0. The zero-order valence-corrected chi connectivity index (χ0v) is 11.0. The van der Waals surface area contributed by atoms with Crippen LogP contribution in [-0.2, 0) is 0 Å². The van der Waals surface area contributed by atoms with E-state index in [4.69, 9.17) is 0 Å². The Morgan fingerprint density at radius 1 is 1.35 bits per heavy atom. The number of nitrogens with one attached hydrogen (secondary N) is 1. The molecule has 0 amide bonds. The Morgan fingerprint density at radius 2 is 2.00 bits per heavy atom. The Morgan fingerprint density at radius 3 is 2.53 bits per heavy atom. The molecule has 0 radical (unpaired) electrons. The second-order valence-electron chi connectivity index (χ2n) is 5.83. The van der Waals surface area contributed by atoms with Gasteiger partial charge in [0.1, 0.15) is 0 Å². The van der Waals surface area contributed by atoms with Crippen LogP contribution < -0.4 is 5.32 Å². The van der Waals surface area contributed by atoms with Crippen molar-refractivity contribution in [3.8, 4) is 0 Å². The van der Waals surface area contributed by atoms with E-state index in [1.807, 2.05) is 6.92 Å². The zero-order valence-electron chi connectivity index (χ0n) is 11.0. The predicted octanol–water partition coefficient (Wildman–Crippen LogP) is 2.54. The number of hydrogen-bond acceptors (Lipinski definition) is 2. The summed E-state index contributed by atoms with van der Waals surface area (Å²) >= 11 is 0. The second kappa shape index (κ2) is 4.79. The highest BCUT2D eigenvalue weighted by molar-refractivity contribution is 5.27. The van der Waals surface area contributed by atoms with Crippen LogP contribution in [-0.4, -0.2) is 23.8 Å². The molecule has 0 spiro atoms. The molecule has 0 aromatic heterocycles. The first-order valence-electron chi connectivity index (χ1n) is 6.48. The quantitative estimate of drug-likeness (QED) is 0.837. The van der Waals surface area contributed by atoms with Gasteiger partial charge in [0.25, 0.3) is 0 Å². The molecule has 2 rings (SSSR count). The summed E-state index contributed by atoms with van der Waals surface area (Å²) in [5, 5.41) is 12.8. The molecule has 0 aliphatic heterocycles. The minimum Gasteiger partial charge on any atom is -0.392 e. The van der Waals surface area contributed by atoms with Gasteiger partial charge < -0.3 is 10.4 Å². The number of aliphatic hydroxyl groups excluding tert-OH is 1. The van der Waals surface area contributed by atoms with E-state index in [0.29, 0.717) is 18.5 Å². The van der Waals surface area contributed by atoms with Crippen LogP contribution in [0.4, 0.5) is 0 Å². The van der Waals surface area contributed by atoms with Gasteiger partial charge in [-0.1, -0.05) is 44.2 Å². The third kappa shape index (κ3) is 2.53. The number of hydrogen-bond donors (Lipinski definition) is 2. The normalized spacial score (nSPS) is 28.5. The minimum atomic E-state index is -0.262.